The molecule has 3 aliphatic rings. The van der Waals surface area contributed by atoms with Gasteiger partial charge in [0.05, 0.1) is 36.2 Å². The summed E-state index contributed by atoms with van der Waals surface area (Å²) in [5.41, 5.74) is 0.294. The maximum absolute atomic E-state index is 12.9. The summed E-state index contributed by atoms with van der Waals surface area (Å²) < 4.78 is 27.2. The van der Waals surface area contributed by atoms with Crippen molar-refractivity contribution in [3.8, 4) is 28.4 Å². The topological polar surface area (TPSA) is 202 Å². The highest BCUT2D eigenvalue weighted by molar-refractivity contribution is 5.93. The van der Waals surface area contributed by atoms with Crippen LogP contribution in [0.1, 0.15) is 16.8 Å². The normalized spacial score (nSPS) is 30.7. The molecule has 8 atom stereocenters. The van der Waals surface area contributed by atoms with Crippen molar-refractivity contribution < 1.29 is 63.9 Å². The predicted octanol–water partition coefficient (Wildman–Crippen LogP) is 1.06. The van der Waals surface area contributed by atoms with E-state index in [1.54, 1.807) is 6.08 Å². The van der Waals surface area contributed by atoms with Crippen molar-refractivity contribution in [2.24, 2.45) is 11.8 Å². The quantitative estimate of drug-likeness (QED) is 0.199. The number of cyclic esters (lactones) is 1. The third-order valence-electron chi connectivity index (χ3n) is 7.46. The van der Waals surface area contributed by atoms with Crippen LogP contribution in [-0.2, 0) is 28.5 Å². The summed E-state index contributed by atoms with van der Waals surface area (Å²) in [5, 5.41) is 62.1. The number of ether oxygens (including phenoxy) is 5. The van der Waals surface area contributed by atoms with Crippen molar-refractivity contribution in [3.63, 3.8) is 0 Å². The molecule has 6 N–H and O–H groups in total. The first-order valence-electron chi connectivity index (χ1n) is 13.1. The van der Waals surface area contributed by atoms with E-state index in [-0.39, 0.29) is 41.6 Å². The van der Waals surface area contributed by atoms with E-state index in [2.05, 4.69) is 6.58 Å². The average Bonchev–Trinajstić information content (AvgIpc) is 2.96. The lowest BCUT2D eigenvalue weighted by Crippen LogP contribution is -2.60. The number of carbonyl (C=O) groups is 2. The third-order valence-corrected chi connectivity index (χ3v) is 7.46. The minimum absolute atomic E-state index is 0.0398. The summed E-state index contributed by atoms with van der Waals surface area (Å²) in [6.45, 7) is 3.66. The Morgan fingerprint density at radius 3 is 2.45 bits per heavy atom. The third kappa shape index (κ3) is 5.65. The van der Waals surface area contributed by atoms with Crippen LogP contribution < -0.4 is 0 Å². The number of aromatic hydroxyl groups is 3. The fourth-order valence-electron chi connectivity index (χ4n) is 5.25. The second-order valence-electron chi connectivity index (χ2n) is 10.1. The van der Waals surface area contributed by atoms with Crippen molar-refractivity contribution in [2.75, 3.05) is 13.2 Å². The molecule has 13 heteroatoms. The first kappa shape index (κ1) is 29.4. The van der Waals surface area contributed by atoms with Gasteiger partial charge < -0.3 is 54.3 Å². The van der Waals surface area contributed by atoms with E-state index < -0.39 is 66.4 Å². The predicted molar refractivity (Wildman–Crippen MR) is 141 cm³/mol. The Kier molecular flexibility index (Phi) is 8.38. The van der Waals surface area contributed by atoms with Gasteiger partial charge in [0.2, 0.25) is 12.6 Å². The van der Waals surface area contributed by atoms with Crippen molar-refractivity contribution in [3.05, 3.63) is 66.5 Å². The van der Waals surface area contributed by atoms with E-state index in [0.29, 0.717) is 12.0 Å². The molecule has 2 aromatic rings. The number of esters is 2. The zero-order valence-corrected chi connectivity index (χ0v) is 22.1. The van der Waals surface area contributed by atoms with Gasteiger partial charge >= 0.3 is 11.9 Å². The molecule has 13 nitrogen and oxygen atoms in total. The highest BCUT2D eigenvalue weighted by Crippen LogP contribution is 2.40. The summed E-state index contributed by atoms with van der Waals surface area (Å²) in [7, 11) is 0. The van der Waals surface area contributed by atoms with Gasteiger partial charge in [0, 0.05) is 11.8 Å². The number of aliphatic hydroxyl groups excluding tert-OH is 3. The number of aliphatic hydroxyl groups is 3. The molecule has 0 aliphatic carbocycles. The lowest BCUT2D eigenvalue weighted by Gasteiger charge is -2.41. The number of carbonyl (C=O) groups excluding carboxylic acids is 2. The van der Waals surface area contributed by atoms with Gasteiger partial charge in [0.15, 0.2) is 0 Å². The Morgan fingerprint density at radius 2 is 1.76 bits per heavy atom. The molecular weight excluding hydrogens is 556 g/mol. The highest BCUT2D eigenvalue weighted by atomic mass is 16.7. The van der Waals surface area contributed by atoms with Gasteiger partial charge in [-0.3, -0.25) is 0 Å². The van der Waals surface area contributed by atoms with Crippen LogP contribution in [0, 0.1) is 11.8 Å². The van der Waals surface area contributed by atoms with Crippen LogP contribution in [0.2, 0.25) is 0 Å². The summed E-state index contributed by atoms with van der Waals surface area (Å²) >= 11 is 0. The number of benzene rings is 2. The van der Waals surface area contributed by atoms with Gasteiger partial charge in [-0.2, -0.15) is 0 Å². The van der Waals surface area contributed by atoms with Gasteiger partial charge in [-0.05, 0) is 36.2 Å². The van der Waals surface area contributed by atoms with Crippen LogP contribution in [-0.4, -0.2) is 92.8 Å². The van der Waals surface area contributed by atoms with E-state index >= 15 is 0 Å². The molecule has 0 saturated carbocycles. The van der Waals surface area contributed by atoms with E-state index in [0.717, 1.165) is 12.1 Å². The molecule has 42 heavy (non-hydrogen) atoms. The molecule has 2 fully saturated rings. The minimum Gasteiger partial charge on any atom is -0.508 e. The maximum Gasteiger partial charge on any atom is 0.340 e. The molecule has 0 amide bonds. The fraction of sp³-hybridized carbons (Fsp3) is 0.379. The van der Waals surface area contributed by atoms with Gasteiger partial charge in [-0.25, -0.2) is 9.59 Å². The fourth-order valence-corrected chi connectivity index (χ4v) is 5.25. The average molecular weight is 587 g/mol. The number of rotatable bonds is 7. The van der Waals surface area contributed by atoms with E-state index in [4.69, 9.17) is 23.7 Å². The molecule has 0 radical (unpaired) electrons. The van der Waals surface area contributed by atoms with Gasteiger partial charge in [0.1, 0.15) is 41.7 Å². The number of phenolic OH excluding ortho intramolecular Hbond substituents is 3. The Bertz CT molecular complexity index is 1360. The molecular formula is C29H30O13. The van der Waals surface area contributed by atoms with Gasteiger partial charge in [-0.15, -0.1) is 6.58 Å². The highest BCUT2D eigenvalue weighted by Gasteiger charge is 2.47. The van der Waals surface area contributed by atoms with Crippen molar-refractivity contribution in [2.45, 2.75) is 43.4 Å². The first-order valence-corrected chi connectivity index (χ1v) is 13.1. The molecule has 0 spiro atoms. The number of fused-ring (bicyclic) bond motifs is 1. The van der Waals surface area contributed by atoms with Gasteiger partial charge in [0.25, 0.3) is 0 Å². The number of hydrogen-bond donors (Lipinski definition) is 6. The molecule has 224 valence electrons. The van der Waals surface area contributed by atoms with Crippen LogP contribution in [0.25, 0.3) is 11.1 Å². The van der Waals surface area contributed by atoms with Crippen LogP contribution >= 0.6 is 0 Å². The summed E-state index contributed by atoms with van der Waals surface area (Å²) in [4.78, 5) is 24.9. The van der Waals surface area contributed by atoms with Crippen LogP contribution in [0.4, 0.5) is 0 Å². The Morgan fingerprint density at radius 1 is 1.02 bits per heavy atom. The summed E-state index contributed by atoms with van der Waals surface area (Å²) in [5.74, 6) is -3.40. The number of phenols is 3. The molecule has 2 aromatic carbocycles. The molecule has 2 saturated heterocycles. The molecule has 0 aromatic heterocycles. The summed E-state index contributed by atoms with van der Waals surface area (Å²) in [6.07, 6.45) is -5.86. The van der Waals surface area contributed by atoms with E-state index in [9.17, 15) is 40.2 Å². The smallest absolute Gasteiger partial charge is 0.340 e. The van der Waals surface area contributed by atoms with Gasteiger partial charge in [-0.1, -0.05) is 18.2 Å². The molecule has 3 aliphatic heterocycles. The Hall–Kier alpha value is -4.14. The second kappa shape index (κ2) is 12.0. The molecule has 5 rings (SSSR count). The van der Waals surface area contributed by atoms with Crippen LogP contribution in [0.15, 0.2) is 60.9 Å². The second-order valence-corrected chi connectivity index (χ2v) is 10.1. The molecule has 3 heterocycles. The monoisotopic (exact) mass is 586 g/mol. The van der Waals surface area contributed by atoms with E-state index in [1.807, 2.05) is 0 Å². The van der Waals surface area contributed by atoms with Crippen molar-refractivity contribution in [1.82, 2.24) is 0 Å². The standard InChI is InChI=1S/C29H30O13/c1-2-16-17-6-7-38-27(37)18(17)11-39-28(16)40-12-21-23(33)24(34)25(35)29(41-21)42-26(36)14-9-19(31)22(20(32)10-14)13-4-3-5-15(30)8-13/h2-5,8-11,16-17,21,23-25,28-35H,1,6-7,12H2/t16-,17-,21+,23-,24-,25-,28+,29-/m0/s1. The van der Waals surface area contributed by atoms with E-state index in [1.165, 1.54) is 30.5 Å². The minimum atomic E-state index is -1.85. The zero-order valence-electron chi connectivity index (χ0n) is 22.1. The van der Waals surface area contributed by atoms with Crippen molar-refractivity contribution in [1.29, 1.82) is 0 Å². The Labute approximate surface area is 239 Å². The number of hydrogen-bond acceptors (Lipinski definition) is 13. The molecule has 0 unspecified atom stereocenters. The molecule has 0 bridgehead atoms. The van der Waals surface area contributed by atoms with Crippen LogP contribution in [0.3, 0.4) is 0 Å². The lowest BCUT2D eigenvalue weighted by molar-refractivity contribution is -0.295. The maximum atomic E-state index is 12.9. The van der Waals surface area contributed by atoms with Crippen molar-refractivity contribution >= 4 is 11.9 Å². The largest absolute Gasteiger partial charge is 0.508 e. The lowest BCUT2D eigenvalue weighted by atomic mass is 9.81. The SMILES string of the molecule is C=C[C@@H]1[C@@H](OC[C@H]2O[C@@H](OC(=O)c3cc(O)c(-c4cccc(O)c4)c(O)c3)[C@@H](O)[C@@H](O)[C@H]2O)OC=C2C(=O)OCC[C@H]21. The summed E-state index contributed by atoms with van der Waals surface area (Å²) in [6, 6.07) is 7.78. The first-order chi connectivity index (χ1) is 20.1. The Balaban J connectivity index is 1.27. The van der Waals surface area contributed by atoms with Crippen LogP contribution in [0.5, 0.6) is 17.2 Å². The zero-order chi connectivity index (χ0) is 30.1.